The minimum Gasteiger partial charge on any atom is -0.348 e. The van der Waals surface area contributed by atoms with Crippen molar-refractivity contribution in [1.82, 2.24) is 5.32 Å². The number of amides is 2. The van der Waals surface area contributed by atoms with Crippen LogP contribution in [0.5, 0.6) is 0 Å². The first-order chi connectivity index (χ1) is 14.9. The third-order valence-electron chi connectivity index (χ3n) is 5.19. The topological polar surface area (TPSA) is 49.4 Å². The van der Waals surface area contributed by atoms with Gasteiger partial charge in [-0.05, 0) is 54.0 Å². The smallest absolute Gasteiger partial charge is 0.264 e. The Bertz CT molecular complexity index is 1210. The van der Waals surface area contributed by atoms with Crippen LogP contribution in [0.15, 0.2) is 76.5 Å². The van der Waals surface area contributed by atoms with Crippen molar-refractivity contribution in [3.63, 3.8) is 0 Å². The van der Waals surface area contributed by atoms with Gasteiger partial charge in [0.2, 0.25) is 0 Å². The van der Waals surface area contributed by atoms with Crippen LogP contribution in [0, 0.1) is 6.92 Å². The van der Waals surface area contributed by atoms with E-state index >= 15 is 0 Å². The summed E-state index contributed by atoms with van der Waals surface area (Å²) in [6.45, 7) is 2.36. The minimum absolute atomic E-state index is 0.0885. The Labute approximate surface area is 190 Å². The first-order valence-electron chi connectivity index (χ1n) is 9.83. The first-order valence-corrected chi connectivity index (χ1v) is 11.0. The molecule has 0 saturated heterocycles. The molecule has 0 aliphatic carbocycles. The fourth-order valence-corrected chi connectivity index (χ4v) is 4.63. The maximum absolute atomic E-state index is 13.0. The van der Waals surface area contributed by atoms with Gasteiger partial charge in [-0.2, -0.15) is 0 Å². The van der Waals surface area contributed by atoms with Crippen molar-refractivity contribution in [1.29, 1.82) is 0 Å². The maximum atomic E-state index is 13.0. The SMILES string of the molecule is Cc1ccccc1/C=C1\Sc2ccc(C(=O)NCc3ccccc3Cl)cc2N(C)C1=O. The van der Waals surface area contributed by atoms with E-state index in [1.807, 2.05) is 61.5 Å². The average molecular weight is 449 g/mol. The summed E-state index contributed by atoms with van der Waals surface area (Å²) in [6.07, 6.45) is 1.92. The van der Waals surface area contributed by atoms with Gasteiger partial charge < -0.3 is 10.2 Å². The zero-order chi connectivity index (χ0) is 22.0. The maximum Gasteiger partial charge on any atom is 0.264 e. The number of halogens is 1. The molecular formula is C25H21ClN2O2S. The molecule has 1 heterocycles. The lowest BCUT2D eigenvalue weighted by atomic mass is 10.1. The van der Waals surface area contributed by atoms with Crippen molar-refractivity contribution < 1.29 is 9.59 Å². The predicted octanol–water partition coefficient (Wildman–Crippen LogP) is 5.69. The molecule has 4 rings (SSSR count). The van der Waals surface area contributed by atoms with Gasteiger partial charge in [0.15, 0.2) is 0 Å². The van der Waals surface area contributed by atoms with E-state index in [0.29, 0.717) is 22.0 Å². The van der Waals surface area contributed by atoms with Gasteiger partial charge in [-0.15, -0.1) is 0 Å². The zero-order valence-corrected chi connectivity index (χ0v) is 18.8. The highest BCUT2D eigenvalue weighted by atomic mass is 35.5. The van der Waals surface area contributed by atoms with Crippen LogP contribution < -0.4 is 10.2 Å². The van der Waals surface area contributed by atoms with Crippen LogP contribution in [0.1, 0.15) is 27.0 Å². The Hall–Kier alpha value is -3.02. The van der Waals surface area contributed by atoms with Crippen molar-refractivity contribution in [3.05, 3.63) is 98.9 Å². The monoisotopic (exact) mass is 448 g/mol. The van der Waals surface area contributed by atoms with E-state index < -0.39 is 0 Å². The van der Waals surface area contributed by atoms with E-state index in [-0.39, 0.29) is 11.8 Å². The van der Waals surface area contributed by atoms with Gasteiger partial charge in [0.05, 0.1) is 10.6 Å². The van der Waals surface area contributed by atoms with E-state index in [1.165, 1.54) is 11.8 Å². The lowest BCUT2D eigenvalue weighted by Crippen LogP contribution is -2.31. The Balaban J connectivity index is 1.55. The molecule has 0 bridgehead atoms. The van der Waals surface area contributed by atoms with Crippen molar-refractivity contribution in [2.24, 2.45) is 0 Å². The number of carbonyl (C=O) groups is 2. The second-order valence-corrected chi connectivity index (χ2v) is 8.78. The van der Waals surface area contributed by atoms with Gasteiger partial charge in [0, 0.05) is 29.1 Å². The van der Waals surface area contributed by atoms with Crippen LogP contribution in [0.4, 0.5) is 5.69 Å². The van der Waals surface area contributed by atoms with Gasteiger partial charge in [-0.3, -0.25) is 9.59 Å². The fourth-order valence-electron chi connectivity index (χ4n) is 3.34. The van der Waals surface area contributed by atoms with E-state index in [9.17, 15) is 9.59 Å². The Morgan fingerprint density at radius 2 is 1.84 bits per heavy atom. The highest BCUT2D eigenvalue weighted by Gasteiger charge is 2.27. The number of carbonyl (C=O) groups excluding carboxylic acids is 2. The molecule has 1 aliphatic heterocycles. The Morgan fingerprint density at radius 1 is 1.10 bits per heavy atom. The minimum atomic E-state index is -0.213. The Kier molecular flexibility index (Phi) is 6.16. The molecule has 0 unspecified atom stereocenters. The van der Waals surface area contributed by atoms with Crippen molar-refractivity contribution in [3.8, 4) is 0 Å². The van der Waals surface area contributed by atoms with Crippen LogP contribution in [0.3, 0.4) is 0 Å². The largest absolute Gasteiger partial charge is 0.348 e. The number of likely N-dealkylation sites (N-methyl/N-ethyl adjacent to an activating group) is 1. The molecule has 3 aromatic carbocycles. The summed E-state index contributed by atoms with van der Waals surface area (Å²) < 4.78 is 0. The van der Waals surface area contributed by atoms with Crippen molar-refractivity contribution in [2.75, 3.05) is 11.9 Å². The van der Waals surface area contributed by atoms with Gasteiger partial charge >= 0.3 is 0 Å². The number of hydrogen-bond donors (Lipinski definition) is 1. The summed E-state index contributed by atoms with van der Waals surface area (Å²) in [5.74, 6) is -0.302. The van der Waals surface area contributed by atoms with Crippen LogP contribution >= 0.6 is 23.4 Å². The molecule has 2 amide bonds. The molecule has 4 nitrogen and oxygen atoms in total. The third kappa shape index (κ3) is 4.53. The van der Waals surface area contributed by atoms with Gasteiger partial charge in [0.25, 0.3) is 11.8 Å². The van der Waals surface area contributed by atoms with Crippen LogP contribution in [0.25, 0.3) is 6.08 Å². The standard InChI is InChI=1S/C25H21ClN2O2S/c1-16-7-3-4-8-17(16)14-23-25(30)28(2)21-13-18(11-12-22(21)31-23)24(29)27-15-19-9-5-6-10-20(19)26/h3-14H,15H2,1-2H3,(H,27,29)/b23-14-. The molecule has 1 N–H and O–H groups in total. The number of fused-ring (bicyclic) bond motifs is 1. The lowest BCUT2D eigenvalue weighted by molar-refractivity contribution is -0.114. The molecule has 0 saturated carbocycles. The summed E-state index contributed by atoms with van der Waals surface area (Å²) in [6, 6.07) is 20.8. The molecule has 3 aromatic rings. The number of thioether (sulfide) groups is 1. The van der Waals surface area contributed by atoms with Crippen molar-refractivity contribution >= 4 is 46.9 Å². The molecule has 31 heavy (non-hydrogen) atoms. The normalized spacial score (nSPS) is 14.5. The summed E-state index contributed by atoms with van der Waals surface area (Å²) in [4.78, 5) is 28.8. The molecular weight excluding hydrogens is 428 g/mol. The highest BCUT2D eigenvalue weighted by molar-refractivity contribution is 8.04. The molecule has 1 aliphatic rings. The molecule has 0 spiro atoms. The molecule has 0 aromatic heterocycles. The van der Waals surface area contributed by atoms with E-state index in [4.69, 9.17) is 11.6 Å². The first kappa shape index (κ1) is 21.2. The number of nitrogens with one attached hydrogen (secondary N) is 1. The molecule has 156 valence electrons. The van der Waals surface area contributed by atoms with E-state index in [2.05, 4.69) is 5.32 Å². The Morgan fingerprint density at radius 3 is 2.61 bits per heavy atom. The summed E-state index contributed by atoms with van der Waals surface area (Å²) in [7, 11) is 1.73. The van der Waals surface area contributed by atoms with E-state index in [1.54, 1.807) is 30.1 Å². The number of hydrogen-bond acceptors (Lipinski definition) is 3. The summed E-state index contributed by atoms with van der Waals surface area (Å²) in [5.41, 5.74) is 4.21. The van der Waals surface area contributed by atoms with Gasteiger partial charge in [0.1, 0.15) is 0 Å². The number of nitrogens with zero attached hydrogens (tertiary/aromatic N) is 1. The molecule has 6 heteroatoms. The molecule has 0 fully saturated rings. The van der Waals surface area contributed by atoms with E-state index in [0.717, 1.165) is 27.3 Å². The predicted molar refractivity (Wildman–Crippen MR) is 127 cm³/mol. The highest BCUT2D eigenvalue weighted by Crippen LogP contribution is 2.42. The lowest BCUT2D eigenvalue weighted by Gasteiger charge is -2.27. The second-order valence-electron chi connectivity index (χ2n) is 7.29. The van der Waals surface area contributed by atoms with Crippen molar-refractivity contribution in [2.45, 2.75) is 18.4 Å². The number of benzene rings is 3. The second kappa shape index (κ2) is 9.00. The number of aryl methyl sites for hydroxylation is 1. The summed E-state index contributed by atoms with van der Waals surface area (Å²) >= 11 is 7.59. The number of rotatable bonds is 4. The van der Waals surface area contributed by atoms with Gasteiger partial charge in [-0.25, -0.2) is 0 Å². The average Bonchev–Trinajstić information content (AvgIpc) is 2.78. The molecule has 0 atom stereocenters. The third-order valence-corrected chi connectivity index (χ3v) is 6.64. The van der Waals surface area contributed by atoms with Gasteiger partial charge in [-0.1, -0.05) is 65.8 Å². The zero-order valence-electron chi connectivity index (χ0n) is 17.2. The van der Waals surface area contributed by atoms with Crippen LogP contribution in [0.2, 0.25) is 5.02 Å². The number of anilines is 1. The van der Waals surface area contributed by atoms with Crippen LogP contribution in [-0.2, 0) is 11.3 Å². The van der Waals surface area contributed by atoms with Crippen LogP contribution in [-0.4, -0.2) is 18.9 Å². The quantitative estimate of drug-likeness (QED) is 0.522. The summed E-state index contributed by atoms with van der Waals surface area (Å²) in [5, 5.41) is 3.51. The fraction of sp³-hybridized carbons (Fsp3) is 0.120. The molecule has 0 radical (unpaired) electrons.